The Bertz CT molecular complexity index is 1550. The molecule has 0 atom stereocenters. The molecule has 0 spiro atoms. The van der Waals surface area contributed by atoms with Crippen molar-refractivity contribution in [3.63, 3.8) is 0 Å². The van der Waals surface area contributed by atoms with Crippen molar-refractivity contribution in [3.05, 3.63) is 86.7 Å². The Morgan fingerprint density at radius 2 is 1.67 bits per heavy atom. The molecule has 0 aliphatic carbocycles. The zero-order valence-corrected chi connectivity index (χ0v) is 19.3. The van der Waals surface area contributed by atoms with E-state index >= 15 is 0 Å². The summed E-state index contributed by atoms with van der Waals surface area (Å²) in [6.07, 6.45) is -4.90. The van der Waals surface area contributed by atoms with Crippen molar-refractivity contribution in [2.45, 2.75) is 19.3 Å². The Morgan fingerprint density at radius 1 is 0.917 bits per heavy atom. The molecule has 184 valence electrons. The summed E-state index contributed by atoms with van der Waals surface area (Å²) >= 11 is 5.89. The van der Waals surface area contributed by atoms with Gasteiger partial charge in [0.1, 0.15) is 18.1 Å². The number of rotatable bonds is 3. The van der Waals surface area contributed by atoms with Gasteiger partial charge in [-0.05, 0) is 47.5 Å². The van der Waals surface area contributed by atoms with Crippen molar-refractivity contribution >= 4 is 22.6 Å². The van der Waals surface area contributed by atoms with Crippen molar-refractivity contribution < 1.29 is 31.8 Å². The van der Waals surface area contributed by atoms with Gasteiger partial charge in [-0.1, -0.05) is 29.8 Å². The highest BCUT2D eigenvalue weighted by Crippen LogP contribution is 2.41. The third-order valence-corrected chi connectivity index (χ3v) is 6.39. The van der Waals surface area contributed by atoms with Gasteiger partial charge in [-0.25, -0.2) is 0 Å². The van der Waals surface area contributed by atoms with Gasteiger partial charge in [0.05, 0.1) is 16.5 Å². The number of hydrogen-bond acceptors (Lipinski definition) is 6. The average Bonchev–Trinajstić information content (AvgIpc) is 3.32. The van der Waals surface area contributed by atoms with Crippen LogP contribution in [0.25, 0.3) is 22.1 Å². The summed E-state index contributed by atoms with van der Waals surface area (Å²) in [4.78, 5) is 15.3. The summed E-state index contributed by atoms with van der Waals surface area (Å²) in [7, 11) is 0. The van der Waals surface area contributed by atoms with E-state index in [-0.39, 0.29) is 36.6 Å². The molecule has 6 nitrogen and oxygen atoms in total. The van der Waals surface area contributed by atoms with Gasteiger partial charge in [0, 0.05) is 18.1 Å². The molecular weight excluding hydrogens is 499 g/mol. The molecule has 2 aliphatic rings. The summed E-state index contributed by atoms with van der Waals surface area (Å²) in [5.41, 5.74) is -0.111. The van der Waals surface area contributed by atoms with E-state index in [1.807, 2.05) is 17.0 Å². The predicted octanol–water partition coefficient (Wildman–Crippen LogP) is 6.21. The van der Waals surface area contributed by atoms with E-state index in [9.17, 15) is 18.0 Å². The van der Waals surface area contributed by atoms with Crippen LogP contribution in [0.15, 0.2) is 63.8 Å². The lowest BCUT2D eigenvalue weighted by atomic mass is 10.00. The standard InChI is InChI=1S/C26H17ClF3NO5/c27-16-4-2-15(3-5-16)22-23(32)17-6-8-19-18(24(17)36-25(22)26(28,29)30)11-31(12-33-19)10-14-1-7-20-21(9-14)35-13-34-20/h1-9H,10-13H2. The predicted molar refractivity (Wildman–Crippen MR) is 125 cm³/mol. The lowest BCUT2D eigenvalue weighted by molar-refractivity contribution is -0.152. The van der Waals surface area contributed by atoms with Crippen LogP contribution in [-0.4, -0.2) is 18.4 Å². The fourth-order valence-corrected chi connectivity index (χ4v) is 4.61. The lowest BCUT2D eigenvalue weighted by Crippen LogP contribution is -2.32. The summed E-state index contributed by atoms with van der Waals surface area (Å²) in [6, 6.07) is 14.1. The maximum Gasteiger partial charge on any atom is 0.450 e. The van der Waals surface area contributed by atoms with E-state index in [4.69, 9.17) is 30.2 Å². The highest BCUT2D eigenvalue weighted by molar-refractivity contribution is 6.30. The normalized spacial score (nSPS) is 15.1. The third kappa shape index (κ3) is 3.94. The summed E-state index contributed by atoms with van der Waals surface area (Å²) in [5.74, 6) is 0.304. The molecule has 0 saturated heterocycles. The molecule has 1 aromatic heterocycles. The van der Waals surface area contributed by atoms with Gasteiger partial charge in [0.15, 0.2) is 11.5 Å². The zero-order valence-electron chi connectivity index (χ0n) is 18.5. The smallest absolute Gasteiger partial charge is 0.450 e. The Labute approximate surface area is 207 Å². The molecule has 0 bridgehead atoms. The summed E-state index contributed by atoms with van der Waals surface area (Å²) in [6.45, 7) is 1.03. The van der Waals surface area contributed by atoms with E-state index in [1.165, 1.54) is 30.3 Å². The second-order valence-corrected chi connectivity index (χ2v) is 8.94. The van der Waals surface area contributed by atoms with Gasteiger partial charge >= 0.3 is 6.18 Å². The summed E-state index contributed by atoms with van der Waals surface area (Å²) < 4.78 is 64.4. The average molecular weight is 516 g/mol. The Hall–Kier alpha value is -3.69. The van der Waals surface area contributed by atoms with Crippen LogP contribution in [0.5, 0.6) is 17.2 Å². The second-order valence-electron chi connectivity index (χ2n) is 8.51. The number of halogens is 4. The highest BCUT2D eigenvalue weighted by Gasteiger charge is 2.40. The first-order valence-electron chi connectivity index (χ1n) is 11.0. The first-order valence-corrected chi connectivity index (χ1v) is 11.4. The number of fused-ring (bicyclic) bond motifs is 4. The van der Waals surface area contributed by atoms with Crippen LogP contribution in [0.3, 0.4) is 0 Å². The third-order valence-electron chi connectivity index (χ3n) is 6.14. The van der Waals surface area contributed by atoms with E-state index in [1.54, 1.807) is 12.1 Å². The molecule has 10 heteroatoms. The van der Waals surface area contributed by atoms with Crippen molar-refractivity contribution in [2.24, 2.45) is 0 Å². The summed E-state index contributed by atoms with van der Waals surface area (Å²) in [5, 5.41) is 0.381. The minimum atomic E-state index is -4.90. The van der Waals surface area contributed by atoms with E-state index in [0.717, 1.165) is 5.56 Å². The van der Waals surface area contributed by atoms with Crippen molar-refractivity contribution in [3.8, 4) is 28.4 Å². The van der Waals surface area contributed by atoms with Crippen molar-refractivity contribution in [1.82, 2.24) is 4.90 Å². The molecule has 36 heavy (non-hydrogen) atoms. The topological polar surface area (TPSA) is 61.1 Å². The first-order chi connectivity index (χ1) is 17.3. The molecule has 0 radical (unpaired) electrons. The highest BCUT2D eigenvalue weighted by atomic mass is 35.5. The SMILES string of the molecule is O=c1c(-c2ccc(Cl)cc2)c(C(F)(F)F)oc2c3c(ccc12)OCN(Cc1ccc2c(c1)OCO2)C3. The molecule has 0 unspecified atom stereocenters. The van der Waals surface area contributed by atoms with Gasteiger partial charge < -0.3 is 18.6 Å². The van der Waals surface area contributed by atoms with Crippen LogP contribution in [0, 0.1) is 0 Å². The van der Waals surface area contributed by atoms with Crippen LogP contribution in [0.2, 0.25) is 5.02 Å². The number of benzene rings is 3. The molecule has 0 fully saturated rings. The minimum Gasteiger partial charge on any atom is -0.478 e. The van der Waals surface area contributed by atoms with Crippen molar-refractivity contribution in [1.29, 1.82) is 0 Å². The maximum atomic E-state index is 14.1. The van der Waals surface area contributed by atoms with Gasteiger partial charge in [-0.15, -0.1) is 0 Å². The minimum absolute atomic E-state index is 0.0419. The largest absolute Gasteiger partial charge is 0.478 e. The molecule has 0 amide bonds. The number of ether oxygens (including phenoxy) is 3. The fourth-order valence-electron chi connectivity index (χ4n) is 4.49. The van der Waals surface area contributed by atoms with Crippen LogP contribution >= 0.6 is 11.6 Å². The molecule has 4 aromatic rings. The van der Waals surface area contributed by atoms with Crippen LogP contribution < -0.4 is 19.6 Å². The van der Waals surface area contributed by atoms with Crippen LogP contribution in [0.1, 0.15) is 16.9 Å². The zero-order chi connectivity index (χ0) is 25.0. The molecule has 6 rings (SSSR count). The lowest BCUT2D eigenvalue weighted by Gasteiger charge is -2.29. The van der Waals surface area contributed by atoms with Crippen LogP contribution in [-0.2, 0) is 19.3 Å². The fraction of sp³-hybridized carbons (Fsp3) is 0.192. The number of alkyl halides is 3. The molecular formula is C26H17ClF3NO5. The van der Waals surface area contributed by atoms with E-state index in [2.05, 4.69) is 0 Å². The molecule has 0 N–H and O–H groups in total. The van der Waals surface area contributed by atoms with Crippen LogP contribution in [0.4, 0.5) is 13.2 Å². The molecule has 0 saturated carbocycles. The Morgan fingerprint density at radius 3 is 2.44 bits per heavy atom. The first kappa shape index (κ1) is 22.8. The number of hydrogen-bond donors (Lipinski definition) is 0. The molecule has 2 aliphatic heterocycles. The second kappa shape index (κ2) is 8.46. The van der Waals surface area contributed by atoms with Gasteiger partial charge in [-0.3, -0.25) is 9.69 Å². The van der Waals surface area contributed by atoms with E-state index < -0.39 is 22.9 Å². The Balaban J connectivity index is 1.43. The monoisotopic (exact) mass is 515 g/mol. The van der Waals surface area contributed by atoms with E-state index in [0.29, 0.717) is 34.4 Å². The van der Waals surface area contributed by atoms with Gasteiger partial charge in [0.25, 0.3) is 0 Å². The van der Waals surface area contributed by atoms with Gasteiger partial charge in [0.2, 0.25) is 18.0 Å². The quantitative estimate of drug-likeness (QED) is 0.323. The maximum absolute atomic E-state index is 14.1. The Kier molecular flexibility index (Phi) is 5.35. The van der Waals surface area contributed by atoms with Gasteiger partial charge in [-0.2, -0.15) is 13.2 Å². The number of nitrogens with zero attached hydrogens (tertiary/aromatic N) is 1. The molecule has 3 aromatic carbocycles. The van der Waals surface area contributed by atoms with Crippen molar-refractivity contribution in [2.75, 3.05) is 13.5 Å². The molecule has 3 heterocycles.